The minimum atomic E-state index is -0.377. The topological polar surface area (TPSA) is 106 Å². The highest BCUT2D eigenvalue weighted by Crippen LogP contribution is 2.21. The molecule has 2 aromatic heterocycles. The maximum atomic E-state index is 13.0. The van der Waals surface area contributed by atoms with Gasteiger partial charge in [-0.3, -0.25) is 9.59 Å². The van der Waals surface area contributed by atoms with E-state index in [4.69, 9.17) is 0 Å². The Bertz CT molecular complexity index is 1330. The van der Waals surface area contributed by atoms with Crippen LogP contribution in [0.25, 0.3) is 10.9 Å². The summed E-state index contributed by atoms with van der Waals surface area (Å²) in [5.41, 5.74) is 0.918. The van der Waals surface area contributed by atoms with Gasteiger partial charge in [0.15, 0.2) is 5.16 Å². The van der Waals surface area contributed by atoms with Gasteiger partial charge in [0, 0.05) is 12.2 Å². The molecule has 0 saturated heterocycles. The van der Waals surface area contributed by atoms with E-state index in [-0.39, 0.29) is 23.7 Å². The van der Waals surface area contributed by atoms with Crippen molar-refractivity contribution in [3.63, 3.8) is 0 Å². The number of H-pyrrole nitrogens is 1. The summed E-state index contributed by atoms with van der Waals surface area (Å²) in [6.07, 6.45) is 1.68. The number of aromatic amines is 1. The first kappa shape index (κ1) is 21.4. The standard InChI is InChI=1S/C22H19FN6O2S/c1-2-11-29-19(12-20(30)24-15-9-7-14(23)8-10-15)27-28-22(29)32-13-18-25-17-6-4-3-5-16(17)21(31)26-18/h2-10H,1,11-13H2,(H,24,30)(H,25,26,31). The van der Waals surface area contributed by atoms with Crippen LogP contribution in [0.2, 0.25) is 0 Å². The van der Waals surface area contributed by atoms with E-state index in [9.17, 15) is 14.0 Å². The minimum absolute atomic E-state index is 0.0101. The molecule has 0 aliphatic heterocycles. The molecular weight excluding hydrogens is 431 g/mol. The number of fused-ring (bicyclic) bond motifs is 1. The fraction of sp³-hybridized carbons (Fsp3) is 0.136. The number of nitrogens with one attached hydrogen (secondary N) is 2. The van der Waals surface area contributed by atoms with Crippen LogP contribution in [0.5, 0.6) is 0 Å². The molecule has 162 valence electrons. The molecule has 0 fully saturated rings. The molecule has 4 rings (SSSR count). The van der Waals surface area contributed by atoms with Gasteiger partial charge in [-0.25, -0.2) is 9.37 Å². The Hall–Kier alpha value is -3.79. The summed E-state index contributed by atoms with van der Waals surface area (Å²) in [4.78, 5) is 31.9. The van der Waals surface area contributed by atoms with Crippen LogP contribution in [-0.4, -0.2) is 30.6 Å². The molecule has 0 aliphatic carbocycles. The van der Waals surface area contributed by atoms with Crippen molar-refractivity contribution in [3.05, 3.63) is 89.0 Å². The third kappa shape index (κ3) is 4.92. The Morgan fingerprint density at radius 2 is 1.97 bits per heavy atom. The van der Waals surface area contributed by atoms with Crippen LogP contribution in [0.15, 0.2) is 71.1 Å². The molecule has 0 aliphatic rings. The highest BCUT2D eigenvalue weighted by atomic mass is 32.2. The predicted molar refractivity (Wildman–Crippen MR) is 121 cm³/mol. The smallest absolute Gasteiger partial charge is 0.258 e. The van der Waals surface area contributed by atoms with E-state index in [0.717, 1.165) is 0 Å². The van der Waals surface area contributed by atoms with E-state index in [1.165, 1.54) is 36.0 Å². The largest absolute Gasteiger partial charge is 0.326 e. The zero-order chi connectivity index (χ0) is 22.5. The van der Waals surface area contributed by atoms with Crippen LogP contribution in [0.1, 0.15) is 11.6 Å². The summed E-state index contributed by atoms with van der Waals surface area (Å²) < 4.78 is 14.8. The van der Waals surface area contributed by atoms with Gasteiger partial charge in [-0.1, -0.05) is 30.0 Å². The zero-order valence-electron chi connectivity index (χ0n) is 16.9. The number of allylic oxidation sites excluding steroid dienone is 1. The number of para-hydroxylation sites is 1. The summed E-state index contributed by atoms with van der Waals surface area (Å²) >= 11 is 1.35. The summed E-state index contributed by atoms with van der Waals surface area (Å²) in [5, 5.41) is 12.1. The minimum Gasteiger partial charge on any atom is -0.326 e. The quantitative estimate of drug-likeness (QED) is 0.315. The number of anilines is 1. The van der Waals surface area contributed by atoms with Crippen LogP contribution in [0, 0.1) is 5.82 Å². The van der Waals surface area contributed by atoms with Gasteiger partial charge in [-0.15, -0.1) is 16.8 Å². The molecule has 2 N–H and O–H groups in total. The van der Waals surface area contributed by atoms with Crippen molar-refractivity contribution in [1.29, 1.82) is 0 Å². The fourth-order valence-corrected chi connectivity index (χ4v) is 3.92. The summed E-state index contributed by atoms with van der Waals surface area (Å²) in [6.45, 7) is 4.17. The van der Waals surface area contributed by atoms with Crippen molar-refractivity contribution in [2.45, 2.75) is 23.9 Å². The molecular formula is C22H19FN6O2S. The Labute approximate surface area is 186 Å². The highest BCUT2D eigenvalue weighted by Gasteiger charge is 2.16. The van der Waals surface area contributed by atoms with Crippen LogP contribution < -0.4 is 10.9 Å². The molecule has 32 heavy (non-hydrogen) atoms. The van der Waals surface area contributed by atoms with Gasteiger partial charge in [-0.2, -0.15) is 0 Å². The normalized spacial score (nSPS) is 10.9. The van der Waals surface area contributed by atoms with Gasteiger partial charge in [0.05, 0.1) is 23.1 Å². The van der Waals surface area contributed by atoms with Crippen molar-refractivity contribution in [2.75, 3.05) is 5.32 Å². The Balaban J connectivity index is 1.48. The number of benzene rings is 2. The molecule has 0 unspecified atom stereocenters. The predicted octanol–water partition coefficient (Wildman–Crippen LogP) is 3.31. The van der Waals surface area contributed by atoms with E-state index in [0.29, 0.717) is 45.7 Å². The molecule has 2 heterocycles. The Morgan fingerprint density at radius 1 is 1.19 bits per heavy atom. The number of nitrogens with zero attached hydrogens (tertiary/aromatic N) is 4. The van der Waals surface area contributed by atoms with Crippen LogP contribution in [-0.2, 0) is 23.5 Å². The molecule has 0 saturated carbocycles. The second-order valence-corrected chi connectivity index (χ2v) is 7.79. The van der Waals surface area contributed by atoms with E-state index in [1.54, 1.807) is 28.8 Å². The number of carbonyl (C=O) groups is 1. The lowest BCUT2D eigenvalue weighted by Crippen LogP contribution is -2.17. The Kier molecular flexibility index (Phi) is 6.41. The van der Waals surface area contributed by atoms with Gasteiger partial charge in [0.2, 0.25) is 5.91 Å². The molecule has 2 aromatic carbocycles. The van der Waals surface area contributed by atoms with E-state index in [1.807, 2.05) is 6.07 Å². The number of rotatable bonds is 8. The van der Waals surface area contributed by atoms with E-state index in [2.05, 4.69) is 32.1 Å². The highest BCUT2D eigenvalue weighted by molar-refractivity contribution is 7.98. The van der Waals surface area contributed by atoms with Crippen LogP contribution >= 0.6 is 11.8 Å². The van der Waals surface area contributed by atoms with Gasteiger partial charge in [0.25, 0.3) is 5.56 Å². The molecule has 0 atom stereocenters. The average Bonchev–Trinajstić information content (AvgIpc) is 3.15. The van der Waals surface area contributed by atoms with Crippen LogP contribution in [0.3, 0.4) is 0 Å². The van der Waals surface area contributed by atoms with Gasteiger partial charge in [-0.05, 0) is 36.4 Å². The zero-order valence-corrected chi connectivity index (χ0v) is 17.7. The van der Waals surface area contributed by atoms with Crippen molar-refractivity contribution >= 4 is 34.3 Å². The number of amides is 1. The molecule has 4 aromatic rings. The monoisotopic (exact) mass is 450 g/mol. The molecule has 1 amide bonds. The molecule has 0 bridgehead atoms. The Morgan fingerprint density at radius 3 is 2.75 bits per heavy atom. The van der Waals surface area contributed by atoms with Crippen molar-refractivity contribution in [2.24, 2.45) is 0 Å². The maximum Gasteiger partial charge on any atom is 0.258 e. The average molecular weight is 450 g/mol. The number of aromatic nitrogens is 5. The lowest BCUT2D eigenvalue weighted by atomic mass is 10.2. The molecule has 0 spiro atoms. The fourth-order valence-electron chi connectivity index (χ4n) is 3.09. The number of carbonyl (C=O) groups excluding carboxylic acids is 1. The number of hydrogen-bond acceptors (Lipinski definition) is 6. The van der Waals surface area contributed by atoms with Crippen molar-refractivity contribution in [3.8, 4) is 0 Å². The summed E-state index contributed by atoms with van der Waals surface area (Å²) in [7, 11) is 0. The van der Waals surface area contributed by atoms with Gasteiger partial charge in [0.1, 0.15) is 17.5 Å². The van der Waals surface area contributed by atoms with E-state index < -0.39 is 0 Å². The first-order valence-electron chi connectivity index (χ1n) is 9.72. The lowest BCUT2D eigenvalue weighted by Gasteiger charge is -2.08. The van der Waals surface area contributed by atoms with E-state index >= 15 is 0 Å². The second-order valence-electron chi connectivity index (χ2n) is 6.85. The third-order valence-corrected chi connectivity index (χ3v) is 5.53. The van der Waals surface area contributed by atoms with Crippen LogP contribution in [0.4, 0.5) is 10.1 Å². The van der Waals surface area contributed by atoms with Crippen molar-refractivity contribution < 1.29 is 9.18 Å². The third-order valence-electron chi connectivity index (χ3n) is 4.55. The maximum absolute atomic E-state index is 13.0. The molecule has 0 radical (unpaired) electrons. The molecule has 10 heteroatoms. The summed E-state index contributed by atoms with van der Waals surface area (Å²) in [6, 6.07) is 12.7. The van der Waals surface area contributed by atoms with Crippen molar-refractivity contribution in [1.82, 2.24) is 24.7 Å². The lowest BCUT2D eigenvalue weighted by molar-refractivity contribution is -0.115. The first-order chi connectivity index (χ1) is 15.5. The second kappa shape index (κ2) is 9.56. The SMILES string of the molecule is C=CCn1c(CC(=O)Nc2ccc(F)cc2)nnc1SCc1nc2ccccc2c(=O)[nH]1. The van der Waals surface area contributed by atoms with Gasteiger partial charge >= 0.3 is 0 Å². The number of hydrogen-bond donors (Lipinski definition) is 2. The van der Waals surface area contributed by atoms with Gasteiger partial charge < -0.3 is 14.9 Å². The number of halogens is 1. The molecule has 8 nitrogen and oxygen atoms in total. The number of thioether (sulfide) groups is 1. The summed E-state index contributed by atoms with van der Waals surface area (Å²) in [5.74, 6) is 0.676. The first-order valence-corrected chi connectivity index (χ1v) is 10.7.